The predicted octanol–water partition coefficient (Wildman–Crippen LogP) is 5.92. The number of methoxy groups -OCH3 is 1. The molecule has 6 nitrogen and oxygen atoms in total. The van der Waals surface area contributed by atoms with Crippen molar-refractivity contribution < 1.29 is 14.6 Å². The first-order valence-electron chi connectivity index (χ1n) is 10.3. The molecule has 2 aromatic carbocycles. The summed E-state index contributed by atoms with van der Waals surface area (Å²) in [4.78, 5) is 22.6. The van der Waals surface area contributed by atoms with Crippen molar-refractivity contribution in [2.24, 2.45) is 0 Å². The van der Waals surface area contributed by atoms with Gasteiger partial charge >= 0.3 is 6.09 Å². The van der Waals surface area contributed by atoms with Crippen LogP contribution >= 0.6 is 0 Å². The third kappa shape index (κ3) is 4.12. The predicted molar refractivity (Wildman–Crippen MR) is 126 cm³/mol. The number of rotatable bonds is 5. The largest absolute Gasteiger partial charge is 0.496 e. The molecule has 1 amide bonds. The second kappa shape index (κ2) is 8.67. The number of carboxylic acid groups (broad SMARTS) is 1. The second-order valence-corrected chi connectivity index (χ2v) is 7.89. The summed E-state index contributed by atoms with van der Waals surface area (Å²) < 4.78 is 5.48. The van der Waals surface area contributed by atoms with Gasteiger partial charge in [0.25, 0.3) is 0 Å². The van der Waals surface area contributed by atoms with Gasteiger partial charge in [0, 0.05) is 40.2 Å². The van der Waals surface area contributed by atoms with Gasteiger partial charge in [0.2, 0.25) is 0 Å². The maximum absolute atomic E-state index is 12.2. The molecule has 0 aliphatic heterocycles. The minimum absolute atomic E-state index is 0.122. The normalized spacial score (nSPS) is 10.9. The monoisotopic (exact) mass is 427 g/mol. The Morgan fingerprint density at radius 3 is 2.53 bits per heavy atom. The van der Waals surface area contributed by atoms with E-state index in [1.807, 2.05) is 69.4 Å². The molecule has 0 radical (unpaired) electrons. The molecular formula is C26H25N3O3. The fourth-order valence-electron chi connectivity index (χ4n) is 3.96. The van der Waals surface area contributed by atoms with E-state index in [2.05, 4.69) is 16.0 Å². The van der Waals surface area contributed by atoms with E-state index in [1.165, 1.54) is 4.90 Å². The molecular weight excluding hydrogens is 402 g/mol. The number of hydrogen-bond donors (Lipinski definition) is 1. The van der Waals surface area contributed by atoms with Gasteiger partial charge in [-0.1, -0.05) is 24.3 Å². The third-order valence-electron chi connectivity index (χ3n) is 5.59. The first-order chi connectivity index (χ1) is 15.4. The summed E-state index contributed by atoms with van der Waals surface area (Å²) in [5.41, 5.74) is 6.73. The Morgan fingerprint density at radius 1 is 1.00 bits per heavy atom. The van der Waals surface area contributed by atoms with E-state index < -0.39 is 6.09 Å². The van der Waals surface area contributed by atoms with Gasteiger partial charge in [-0.25, -0.2) is 4.79 Å². The zero-order valence-corrected chi connectivity index (χ0v) is 18.6. The summed E-state index contributed by atoms with van der Waals surface area (Å²) in [5.74, 6) is 0.729. The number of aryl methyl sites for hydroxylation is 2. The van der Waals surface area contributed by atoms with Crippen LogP contribution in [0.5, 0.6) is 5.75 Å². The average molecular weight is 428 g/mol. The number of benzene rings is 2. The Morgan fingerprint density at radius 2 is 1.78 bits per heavy atom. The highest BCUT2D eigenvalue weighted by atomic mass is 16.5. The van der Waals surface area contributed by atoms with Crippen molar-refractivity contribution in [1.82, 2.24) is 9.97 Å². The Balaban J connectivity index is 1.75. The Bertz CT molecular complexity index is 1320. The molecule has 0 spiro atoms. The maximum atomic E-state index is 12.2. The lowest BCUT2D eigenvalue weighted by Gasteiger charge is -2.22. The number of para-hydroxylation sites is 1. The van der Waals surface area contributed by atoms with Crippen LogP contribution in [0.4, 0.5) is 10.5 Å². The zero-order valence-electron chi connectivity index (χ0n) is 18.6. The third-order valence-corrected chi connectivity index (χ3v) is 5.59. The zero-order chi connectivity index (χ0) is 22.8. The van der Waals surface area contributed by atoms with Gasteiger partial charge in [-0.2, -0.15) is 0 Å². The quantitative estimate of drug-likeness (QED) is 0.428. The lowest BCUT2D eigenvalue weighted by molar-refractivity contribution is 0.201. The van der Waals surface area contributed by atoms with Gasteiger partial charge in [0.1, 0.15) is 5.75 Å². The molecule has 0 saturated heterocycles. The molecule has 6 heteroatoms. The van der Waals surface area contributed by atoms with Crippen molar-refractivity contribution in [1.29, 1.82) is 0 Å². The average Bonchev–Trinajstić information content (AvgIpc) is 2.78. The topological polar surface area (TPSA) is 75.5 Å². The minimum atomic E-state index is -1.04. The van der Waals surface area contributed by atoms with Gasteiger partial charge in [-0.05, 0) is 56.2 Å². The summed E-state index contributed by atoms with van der Waals surface area (Å²) in [6.45, 7) is 5.90. The van der Waals surface area contributed by atoms with Crippen LogP contribution in [-0.2, 0) is 6.54 Å². The van der Waals surface area contributed by atoms with E-state index in [9.17, 15) is 9.90 Å². The Kier molecular flexibility index (Phi) is 5.77. The number of aromatic nitrogens is 2. The molecule has 4 rings (SSSR count). The van der Waals surface area contributed by atoms with E-state index in [0.29, 0.717) is 11.4 Å². The van der Waals surface area contributed by atoms with Gasteiger partial charge in [0.05, 0.1) is 24.9 Å². The van der Waals surface area contributed by atoms with Crippen LogP contribution in [0.15, 0.2) is 60.9 Å². The highest BCUT2D eigenvalue weighted by molar-refractivity contribution is 5.89. The van der Waals surface area contributed by atoms with Crippen LogP contribution in [0.1, 0.15) is 22.4 Å². The fraction of sp³-hybridized carbons (Fsp3) is 0.192. The van der Waals surface area contributed by atoms with E-state index >= 15 is 0 Å². The summed E-state index contributed by atoms with van der Waals surface area (Å²) in [5, 5.41) is 11.0. The molecule has 1 N–H and O–H groups in total. The first-order valence-corrected chi connectivity index (χ1v) is 10.3. The van der Waals surface area contributed by atoms with Crippen molar-refractivity contribution in [3.63, 3.8) is 0 Å². The van der Waals surface area contributed by atoms with Crippen molar-refractivity contribution in [2.45, 2.75) is 27.3 Å². The van der Waals surface area contributed by atoms with Crippen LogP contribution in [-0.4, -0.2) is 28.3 Å². The molecule has 0 saturated carbocycles. The number of nitrogens with zero attached hydrogens (tertiary/aromatic N) is 3. The molecule has 0 unspecified atom stereocenters. The molecule has 2 heterocycles. The Hall–Kier alpha value is -3.93. The lowest BCUT2D eigenvalue weighted by atomic mass is 10.0. The standard InChI is InChI=1S/C26H25N3O3/c1-16-9-20(21-11-19-7-5-6-8-23(19)28-14-21)12-22(10-16)29(26(30)31)15-24-18(3)25(32-4)17(2)13-27-24/h5-14H,15H2,1-4H3,(H,30,31). The van der Waals surface area contributed by atoms with E-state index in [-0.39, 0.29) is 6.54 Å². The summed E-state index contributed by atoms with van der Waals surface area (Å²) in [6.07, 6.45) is 2.49. The number of anilines is 1. The number of ether oxygens (including phenoxy) is 1. The fourth-order valence-corrected chi connectivity index (χ4v) is 3.96. The number of amides is 1. The number of carbonyl (C=O) groups is 1. The highest BCUT2D eigenvalue weighted by Gasteiger charge is 2.20. The molecule has 0 fully saturated rings. The van der Waals surface area contributed by atoms with Crippen LogP contribution in [0.2, 0.25) is 0 Å². The number of fused-ring (bicyclic) bond motifs is 1. The molecule has 4 aromatic rings. The molecule has 0 aliphatic rings. The summed E-state index contributed by atoms with van der Waals surface area (Å²) in [6, 6.07) is 15.8. The van der Waals surface area contributed by atoms with E-state index in [4.69, 9.17) is 4.74 Å². The number of pyridine rings is 2. The Labute approximate surface area is 187 Å². The highest BCUT2D eigenvalue weighted by Crippen LogP contribution is 2.31. The van der Waals surface area contributed by atoms with Crippen molar-refractivity contribution in [2.75, 3.05) is 12.0 Å². The molecule has 2 aromatic heterocycles. The lowest BCUT2D eigenvalue weighted by Crippen LogP contribution is -2.29. The molecule has 0 bridgehead atoms. The minimum Gasteiger partial charge on any atom is -0.496 e. The maximum Gasteiger partial charge on any atom is 0.412 e. The van der Waals surface area contributed by atoms with Gasteiger partial charge in [-0.3, -0.25) is 14.9 Å². The smallest absolute Gasteiger partial charge is 0.412 e. The molecule has 0 aliphatic carbocycles. The van der Waals surface area contributed by atoms with Crippen molar-refractivity contribution in [3.05, 3.63) is 83.3 Å². The van der Waals surface area contributed by atoms with E-state index in [0.717, 1.165) is 44.5 Å². The molecule has 162 valence electrons. The van der Waals surface area contributed by atoms with Crippen molar-refractivity contribution >= 4 is 22.7 Å². The van der Waals surface area contributed by atoms with Gasteiger partial charge in [0.15, 0.2) is 0 Å². The van der Waals surface area contributed by atoms with Crippen LogP contribution in [0, 0.1) is 20.8 Å². The summed E-state index contributed by atoms with van der Waals surface area (Å²) in [7, 11) is 1.61. The van der Waals surface area contributed by atoms with Gasteiger partial charge < -0.3 is 9.84 Å². The molecule has 0 atom stereocenters. The molecule has 32 heavy (non-hydrogen) atoms. The number of hydrogen-bond acceptors (Lipinski definition) is 4. The first kappa shape index (κ1) is 21.3. The summed E-state index contributed by atoms with van der Waals surface area (Å²) >= 11 is 0. The second-order valence-electron chi connectivity index (χ2n) is 7.89. The van der Waals surface area contributed by atoms with E-state index in [1.54, 1.807) is 13.3 Å². The van der Waals surface area contributed by atoms with Crippen LogP contribution in [0.25, 0.3) is 22.0 Å². The van der Waals surface area contributed by atoms with Crippen LogP contribution < -0.4 is 9.64 Å². The van der Waals surface area contributed by atoms with Crippen LogP contribution in [0.3, 0.4) is 0 Å². The van der Waals surface area contributed by atoms with Gasteiger partial charge in [-0.15, -0.1) is 0 Å². The van der Waals surface area contributed by atoms with Crippen molar-refractivity contribution in [3.8, 4) is 16.9 Å². The SMILES string of the molecule is COc1c(C)cnc(CN(C(=O)O)c2cc(C)cc(-c3cnc4ccccc4c3)c2)c1C.